The summed E-state index contributed by atoms with van der Waals surface area (Å²) in [6.07, 6.45) is 2.83. The number of anilines is 1. The summed E-state index contributed by atoms with van der Waals surface area (Å²) < 4.78 is 0. The SMILES string of the molecule is O=C1CCCN2CCc3cccc1c32. The highest BCUT2D eigenvalue weighted by molar-refractivity contribution is 6.03. The van der Waals surface area contributed by atoms with Crippen molar-refractivity contribution >= 4 is 11.5 Å². The molecule has 0 aromatic heterocycles. The Morgan fingerprint density at radius 3 is 3.00 bits per heavy atom. The van der Waals surface area contributed by atoms with Crippen molar-refractivity contribution in [3.05, 3.63) is 29.3 Å². The van der Waals surface area contributed by atoms with Gasteiger partial charge in [0.2, 0.25) is 0 Å². The van der Waals surface area contributed by atoms with Gasteiger partial charge >= 0.3 is 0 Å². The Labute approximate surface area is 83.5 Å². The average molecular weight is 187 g/mol. The van der Waals surface area contributed by atoms with Gasteiger partial charge in [0.15, 0.2) is 5.78 Å². The highest BCUT2D eigenvalue weighted by Crippen LogP contribution is 2.34. The first-order valence-corrected chi connectivity index (χ1v) is 5.26. The van der Waals surface area contributed by atoms with Gasteiger partial charge in [0.25, 0.3) is 0 Å². The zero-order chi connectivity index (χ0) is 9.54. The maximum absolute atomic E-state index is 11.8. The third-order valence-electron chi connectivity index (χ3n) is 3.22. The number of nitrogens with zero attached hydrogens (tertiary/aromatic N) is 1. The zero-order valence-corrected chi connectivity index (χ0v) is 8.12. The molecule has 72 valence electrons. The average Bonchev–Trinajstić information content (AvgIpc) is 2.53. The predicted octanol–water partition coefficient (Wildman–Crippen LogP) is 2.03. The van der Waals surface area contributed by atoms with Crippen molar-refractivity contribution in [3.8, 4) is 0 Å². The lowest BCUT2D eigenvalue weighted by molar-refractivity contribution is 0.0983. The second kappa shape index (κ2) is 2.84. The van der Waals surface area contributed by atoms with Crippen molar-refractivity contribution in [2.24, 2.45) is 0 Å². The van der Waals surface area contributed by atoms with Crippen molar-refractivity contribution in [1.82, 2.24) is 0 Å². The molecule has 0 fully saturated rings. The van der Waals surface area contributed by atoms with Gasteiger partial charge in [-0.25, -0.2) is 0 Å². The zero-order valence-electron chi connectivity index (χ0n) is 8.12. The number of carbonyl (C=O) groups is 1. The lowest BCUT2D eigenvalue weighted by Gasteiger charge is -2.17. The Morgan fingerprint density at radius 2 is 2.07 bits per heavy atom. The minimum Gasteiger partial charge on any atom is -0.370 e. The van der Waals surface area contributed by atoms with Gasteiger partial charge < -0.3 is 4.90 Å². The van der Waals surface area contributed by atoms with Crippen LogP contribution in [0.1, 0.15) is 28.8 Å². The van der Waals surface area contributed by atoms with Gasteiger partial charge in [0, 0.05) is 25.1 Å². The van der Waals surface area contributed by atoms with Crippen LogP contribution in [0, 0.1) is 0 Å². The molecule has 0 aliphatic carbocycles. The summed E-state index contributed by atoms with van der Waals surface area (Å²) in [4.78, 5) is 14.2. The van der Waals surface area contributed by atoms with Crippen LogP contribution in [-0.2, 0) is 6.42 Å². The van der Waals surface area contributed by atoms with E-state index in [0.717, 1.165) is 31.5 Å². The standard InChI is InChI=1S/C12H13NO/c14-11-5-2-7-13-8-6-9-3-1-4-10(11)12(9)13/h1,3-4H,2,5-8H2. The first kappa shape index (κ1) is 8.04. The van der Waals surface area contributed by atoms with Crippen LogP contribution in [0.2, 0.25) is 0 Å². The lowest BCUT2D eigenvalue weighted by Crippen LogP contribution is -2.20. The molecule has 0 atom stereocenters. The number of para-hydroxylation sites is 1. The van der Waals surface area contributed by atoms with Crippen LogP contribution in [0.5, 0.6) is 0 Å². The van der Waals surface area contributed by atoms with E-state index in [0.29, 0.717) is 12.2 Å². The Hall–Kier alpha value is -1.31. The van der Waals surface area contributed by atoms with Gasteiger partial charge in [0.05, 0.1) is 5.69 Å². The van der Waals surface area contributed by atoms with Crippen LogP contribution < -0.4 is 4.90 Å². The molecule has 0 radical (unpaired) electrons. The van der Waals surface area contributed by atoms with Gasteiger partial charge in [-0.3, -0.25) is 4.79 Å². The topological polar surface area (TPSA) is 20.3 Å². The summed E-state index contributed by atoms with van der Waals surface area (Å²) >= 11 is 0. The molecular formula is C12H13NO. The number of Topliss-reactive ketones (excluding diaryl/α,β-unsaturated/α-hetero) is 1. The molecule has 2 heterocycles. The molecule has 0 saturated heterocycles. The molecule has 0 unspecified atom stereocenters. The largest absolute Gasteiger partial charge is 0.370 e. The number of carbonyl (C=O) groups excluding carboxylic acids is 1. The molecule has 0 bridgehead atoms. The smallest absolute Gasteiger partial charge is 0.165 e. The highest BCUT2D eigenvalue weighted by atomic mass is 16.1. The minimum atomic E-state index is 0.325. The second-order valence-electron chi connectivity index (χ2n) is 4.08. The number of ketones is 1. The molecule has 1 aromatic rings. The van der Waals surface area contributed by atoms with E-state index in [9.17, 15) is 4.79 Å². The third-order valence-corrected chi connectivity index (χ3v) is 3.22. The summed E-state index contributed by atoms with van der Waals surface area (Å²) in [5.74, 6) is 0.325. The number of benzene rings is 1. The third kappa shape index (κ3) is 0.999. The molecule has 2 nitrogen and oxygen atoms in total. The van der Waals surface area contributed by atoms with E-state index in [1.54, 1.807) is 0 Å². The van der Waals surface area contributed by atoms with Crippen LogP contribution in [0.3, 0.4) is 0 Å². The monoisotopic (exact) mass is 187 g/mol. The highest BCUT2D eigenvalue weighted by Gasteiger charge is 2.26. The van der Waals surface area contributed by atoms with Crippen molar-refractivity contribution < 1.29 is 4.79 Å². The maximum atomic E-state index is 11.8. The van der Waals surface area contributed by atoms with Crippen molar-refractivity contribution in [1.29, 1.82) is 0 Å². The summed E-state index contributed by atoms with van der Waals surface area (Å²) in [7, 11) is 0. The molecule has 14 heavy (non-hydrogen) atoms. The van der Waals surface area contributed by atoms with E-state index in [1.165, 1.54) is 11.3 Å². The second-order valence-corrected chi connectivity index (χ2v) is 4.08. The van der Waals surface area contributed by atoms with Crippen molar-refractivity contribution in [3.63, 3.8) is 0 Å². The maximum Gasteiger partial charge on any atom is 0.165 e. The Balaban J connectivity index is 2.23. The van der Waals surface area contributed by atoms with E-state index in [1.807, 2.05) is 12.1 Å². The molecule has 1 aromatic carbocycles. The number of hydrogen-bond acceptors (Lipinski definition) is 2. The first-order chi connectivity index (χ1) is 6.86. The molecule has 3 rings (SSSR count). The van der Waals surface area contributed by atoms with E-state index < -0.39 is 0 Å². The number of rotatable bonds is 0. The molecule has 2 aliphatic heterocycles. The van der Waals surface area contributed by atoms with Gasteiger partial charge in [-0.15, -0.1) is 0 Å². The molecule has 0 spiro atoms. The molecule has 0 N–H and O–H groups in total. The lowest BCUT2D eigenvalue weighted by atomic mass is 10.0. The number of hydrogen-bond donors (Lipinski definition) is 0. The molecule has 2 aliphatic rings. The van der Waals surface area contributed by atoms with Crippen LogP contribution in [0.4, 0.5) is 5.69 Å². The predicted molar refractivity (Wildman–Crippen MR) is 55.9 cm³/mol. The van der Waals surface area contributed by atoms with E-state index in [4.69, 9.17) is 0 Å². The fraction of sp³-hybridized carbons (Fsp3) is 0.417. The van der Waals surface area contributed by atoms with E-state index in [-0.39, 0.29) is 0 Å². The summed E-state index contributed by atoms with van der Waals surface area (Å²) in [5.41, 5.74) is 3.55. The molecule has 2 heteroatoms. The first-order valence-electron chi connectivity index (χ1n) is 5.26. The van der Waals surface area contributed by atoms with E-state index in [2.05, 4.69) is 11.0 Å². The van der Waals surface area contributed by atoms with Crippen molar-refractivity contribution in [2.45, 2.75) is 19.3 Å². The summed E-state index contributed by atoms with van der Waals surface area (Å²) in [6.45, 7) is 2.15. The fourth-order valence-electron chi connectivity index (χ4n) is 2.55. The molecular weight excluding hydrogens is 174 g/mol. The van der Waals surface area contributed by atoms with Crippen LogP contribution >= 0.6 is 0 Å². The van der Waals surface area contributed by atoms with Gasteiger partial charge in [-0.2, -0.15) is 0 Å². The fourth-order valence-corrected chi connectivity index (χ4v) is 2.55. The minimum absolute atomic E-state index is 0.325. The molecule has 0 saturated carbocycles. The van der Waals surface area contributed by atoms with Gasteiger partial charge in [0.1, 0.15) is 0 Å². The Morgan fingerprint density at radius 1 is 1.14 bits per heavy atom. The normalized spacial score (nSPS) is 19.4. The van der Waals surface area contributed by atoms with Crippen LogP contribution in [-0.4, -0.2) is 18.9 Å². The summed E-state index contributed by atoms with van der Waals surface area (Å²) in [5, 5.41) is 0. The summed E-state index contributed by atoms with van der Waals surface area (Å²) in [6, 6.07) is 6.14. The van der Waals surface area contributed by atoms with Crippen LogP contribution in [0.15, 0.2) is 18.2 Å². The quantitative estimate of drug-likeness (QED) is 0.619. The Bertz CT molecular complexity index is 397. The van der Waals surface area contributed by atoms with Crippen molar-refractivity contribution in [2.75, 3.05) is 18.0 Å². The van der Waals surface area contributed by atoms with Gasteiger partial charge in [-0.05, 0) is 24.5 Å². The van der Waals surface area contributed by atoms with Gasteiger partial charge in [-0.1, -0.05) is 12.1 Å². The molecule has 0 amide bonds. The van der Waals surface area contributed by atoms with E-state index >= 15 is 0 Å². The Kier molecular flexibility index (Phi) is 1.63. The van der Waals surface area contributed by atoms with Crippen LogP contribution in [0.25, 0.3) is 0 Å².